The molecular formula is C27H37N3O5S. The number of carbonyl (C=O) groups excluding carboxylic acids is 2. The molecule has 8 nitrogen and oxygen atoms in total. The lowest BCUT2D eigenvalue weighted by Gasteiger charge is -2.33. The van der Waals surface area contributed by atoms with Crippen LogP contribution in [0.2, 0.25) is 0 Å². The molecule has 0 unspecified atom stereocenters. The number of carbonyl (C=O) groups is 2. The average molecular weight is 516 g/mol. The number of benzene rings is 2. The molecule has 3 rings (SSSR count). The number of amides is 2. The molecule has 0 saturated heterocycles. The fraction of sp³-hybridized carbons (Fsp3) is 0.481. The van der Waals surface area contributed by atoms with Crippen LogP contribution in [0.25, 0.3) is 0 Å². The van der Waals surface area contributed by atoms with E-state index in [2.05, 4.69) is 5.32 Å². The fourth-order valence-electron chi connectivity index (χ4n) is 4.40. The van der Waals surface area contributed by atoms with Gasteiger partial charge in [0.1, 0.15) is 18.3 Å². The third-order valence-electron chi connectivity index (χ3n) is 6.63. The second kappa shape index (κ2) is 12.3. The molecule has 9 heteroatoms. The molecule has 2 aromatic rings. The molecule has 0 heterocycles. The summed E-state index contributed by atoms with van der Waals surface area (Å²) in [7, 11) is -2.25. The lowest BCUT2D eigenvalue weighted by atomic mass is 9.95. The van der Waals surface area contributed by atoms with E-state index in [-0.39, 0.29) is 18.5 Å². The van der Waals surface area contributed by atoms with Crippen molar-refractivity contribution in [2.24, 2.45) is 0 Å². The highest BCUT2D eigenvalue weighted by Crippen LogP contribution is 2.23. The van der Waals surface area contributed by atoms with Gasteiger partial charge in [-0.3, -0.25) is 13.9 Å². The summed E-state index contributed by atoms with van der Waals surface area (Å²) < 4.78 is 31.5. The van der Waals surface area contributed by atoms with Crippen molar-refractivity contribution in [3.8, 4) is 5.75 Å². The van der Waals surface area contributed by atoms with Crippen LogP contribution in [0.1, 0.15) is 50.2 Å². The van der Waals surface area contributed by atoms with Crippen molar-refractivity contribution in [3.05, 3.63) is 59.7 Å². The van der Waals surface area contributed by atoms with Crippen LogP contribution in [0.3, 0.4) is 0 Å². The van der Waals surface area contributed by atoms with Gasteiger partial charge < -0.3 is 15.0 Å². The second-order valence-electron chi connectivity index (χ2n) is 9.49. The highest BCUT2D eigenvalue weighted by molar-refractivity contribution is 7.92. The number of hydrogen-bond donors (Lipinski definition) is 1. The highest BCUT2D eigenvalue weighted by Gasteiger charge is 2.31. The van der Waals surface area contributed by atoms with Gasteiger partial charge in [-0.2, -0.15) is 0 Å². The Morgan fingerprint density at radius 2 is 1.64 bits per heavy atom. The van der Waals surface area contributed by atoms with Crippen LogP contribution in [0.4, 0.5) is 5.69 Å². The Balaban J connectivity index is 1.85. The van der Waals surface area contributed by atoms with Crippen LogP contribution in [0.15, 0.2) is 48.5 Å². The zero-order chi connectivity index (χ0) is 26.3. The van der Waals surface area contributed by atoms with E-state index in [1.807, 2.05) is 31.2 Å². The maximum Gasteiger partial charge on any atom is 0.244 e. The van der Waals surface area contributed by atoms with Crippen LogP contribution in [0, 0.1) is 6.92 Å². The van der Waals surface area contributed by atoms with Gasteiger partial charge in [0.05, 0.1) is 19.1 Å². The zero-order valence-electron chi connectivity index (χ0n) is 21.6. The number of nitrogens with zero attached hydrogens (tertiary/aromatic N) is 2. The predicted molar refractivity (Wildman–Crippen MR) is 141 cm³/mol. The van der Waals surface area contributed by atoms with Gasteiger partial charge >= 0.3 is 0 Å². The summed E-state index contributed by atoms with van der Waals surface area (Å²) in [6, 6.07) is 13.5. The zero-order valence-corrected chi connectivity index (χ0v) is 22.4. The molecule has 0 radical (unpaired) electrons. The van der Waals surface area contributed by atoms with E-state index in [1.165, 1.54) is 18.4 Å². The summed E-state index contributed by atoms with van der Waals surface area (Å²) in [5.41, 5.74) is 2.30. The van der Waals surface area contributed by atoms with E-state index in [4.69, 9.17) is 4.74 Å². The predicted octanol–water partition coefficient (Wildman–Crippen LogP) is 3.64. The van der Waals surface area contributed by atoms with Crippen molar-refractivity contribution in [2.45, 2.75) is 64.6 Å². The van der Waals surface area contributed by atoms with E-state index in [9.17, 15) is 18.0 Å². The van der Waals surface area contributed by atoms with Crippen molar-refractivity contribution >= 4 is 27.5 Å². The van der Waals surface area contributed by atoms with Crippen molar-refractivity contribution in [3.63, 3.8) is 0 Å². The summed E-state index contributed by atoms with van der Waals surface area (Å²) in [6.45, 7) is 3.45. The minimum absolute atomic E-state index is 0.108. The van der Waals surface area contributed by atoms with E-state index in [0.29, 0.717) is 11.4 Å². The van der Waals surface area contributed by atoms with E-state index in [0.717, 1.165) is 47.4 Å². The smallest absolute Gasteiger partial charge is 0.244 e. The summed E-state index contributed by atoms with van der Waals surface area (Å²) in [5.74, 6) is -0.103. The Hall–Kier alpha value is -3.07. The summed E-state index contributed by atoms with van der Waals surface area (Å²) in [4.78, 5) is 28.3. The van der Waals surface area contributed by atoms with Gasteiger partial charge in [0.15, 0.2) is 0 Å². The largest absolute Gasteiger partial charge is 0.497 e. The molecule has 196 valence electrons. The van der Waals surface area contributed by atoms with Crippen LogP contribution < -0.4 is 14.4 Å². The first-order valence-electron chi connectivity index (χ1n) is 12.4. The third kappa shape index (κ3) is 7.46. The Morgan fingerprint density at radius 3 is 2.19 bits per heavy atom. The van der Waals surface area contributed by atoms with Crippen molar-refractivity contribution in [2.75, 3.05) is 24.2 Å². The van der Waals surface area contributed by atoms with Gasteiger partial charge in [-0.25, -0.2) is 8.42 Å². The molecule has 1 N–H and O–H groups in total. The van der Waals surface area contributed by atoms with Gasteiger partial charge in [-0.05, 0) is 56.5 Å². The van der Waals surface area contributed by atoms with Gasteiger partial charge in [-0.1, -0.05) is 49.1 Å². The van der Waals surface area contributed by atoms with Gasteiger partial charge in [0, 0.05) is 12.6 Å². The lowest BCUT2D eigenvalue weighted by Crippen LogP contribution is -2.52. The molecular weight excluding hydrogens is 478 g/mol. The number of anilines is 1. The van der Waals surface area contributed by atoms with E-state index in [1.54, 1.807) is 31.2 Å². The summed E-state index contributed by atoms with van der Waals surface area (Å²) in [5, 5.41) is 3.10. The molecule has 1 aliphatic carbocycles. The van der Waals surface area contributed by atoms with Crippen LogP contribution in [-0.2, 0) is 26.2 Å². The molecule has 1 fully saturated rings. The first-order valence-corrected chi connectivity index (χ1v) is 14.2. The standard InChI is InChI=1S/C27H37N3O5S/c1-20-10-12-22(13-11-20)18-29(21(2)27(32)28-23-8-6-5-7-9-23)26(31)19-30(36(4,33)34)24-14-16-25(35-3)17-15-24/h10-17,21,23H,5-9,18-19H2,1-4H3,(H,28,32)/t21-/m0/s1. The second-order valence-corrected chi connectivity index (χ2v) is 11.4. The molecule has 2 aromatic carbocycles. The van der Waals surface area contributed by atoms with Crippen molar-refractivity contribution in [1.29, 1.82) is 0 Å². The number of rotatable bonds is 10. The highest BCUT2D eigenvalue weighted by atomic mass is 32.2. The minimum Gasteiger partial charge on any atom is -0.497 e. The number of hydrogen-bond acceptors (Lipinski definition) is 5. The molecule has 2 amide bonds. The molecule has 1 atom stereocenters. The minimum atomic E-state index is -3.77. The Labute approximate surface area is 214 Å². The molecule has 0 aliphatic heterocycles. The maximum absolute atomic E-state index is 13.6. The number of aryl methyl sites for hydroxylation is 1. The van der Waals surface area contributed by atoms with Crippen LogP contribution in [-0.4, -0.2) is 57.1 Å². The topological polar surface area (TPSA) is 96.0 Å². The summed E-state index contributed by atoms with van der Waals surface area (Å²) in [6.07, 6.45) is 6.26. The first-order chi connectivity index (χ1) is 17.1. The molecule has 0 spiro atoms. The van der Waals surface area contributed by atoms with Gasteiger partial charge in [0.25, 0.3) is 0 Å². The Morgan fingerprint density at radius 1 is 1.03 bits per heavy atom. The molecule has 0 bridgehead atoms. The molecule has 36 heavy (non-hydrogen) atoms. The van der Waals surface area contributed by atoms with E-state index >= 15 is 0 Å². The molecule has 0 aromatic heterocycles. The Kier molecular flexibility index (Phi) is 9.37. The number of methoxy groups -OCH3 is 1. The Bertz CT molecular complexity index is 1130. The van der Waals surface area contributed by atoms with Crippen LogP contribution in [0.5, 0.6) is 5.75 Å². The quantitative estimate of drug-likeness (QED) is 0.521. The van der Waals surface area contributed by atoms with Crippen molar-refractivity contribution in [1.82, 2.24) is 10.2 Å². The average Bonchev–Trinajstić information content (AvgIpc) is 2.86. The summed E-state index contributed by atoms with van der Waals surface area (Å²) >= 11 is 0. The van der Waals surface area contributed by atoms with Gasteiger partial charge in [-0.15, -0.1) is 0 Å². The van der Waals surface area contributed by atoms with E-state index < -0.39 is 28.5 Å². The molecule has 1 saturated carbocycles. The monoisotopic (exact) mass is 515 g/mol. The number of nitrogens with one attached hydrogen (secondary N) is 1. The fourth-order valence-corrected chi connectivity index (χ4v) is 5.25. The first kappa shape index (κ1) is 27.5. The van der Waals surface area contributed by atoms with Crippen molar-refractivity contribution < 1.29 is 22.7 Å². The number of ether oxygens (including phenoxy) is 1. The van der Waals surface area contributed by atoms with Gasteiger partial charge in [0.2, 0.25) is 21.8 Å². The SMILES string of the molecule is COc1ccc(N(CC(=O)N(Cc2ccc(C)cc2)[C@@H](C)C(=O)NC2CCCCC2)S(C)(=O)=O)cc1. The van der Waals surface area contributed by atoms with Crippen LogP contribution >= 0.6 is 0 Å². The molecule has 1 aliphatic rings. The normalized spacial score (nSPS) is 15.1. The third-order valence-corrected chi connectivity index (χ3v) is 7.77. The maximum atomic E-state index is 13.6. The lowest BCUT2D eigenvalue weighted by molar-refractivity contribution is -0.139. The number of sulfonamides is 1.